The van der Waals surface area contributed by atoms with Crippen molar-refractivity contribution < 1.29 is 19.8 Å². The molecular weight excluding hydrogens is 376 g/mol. The summed E-state index contributed by atoms with van der Waals surface area (Å²) in [4.78, 5) is 21.6. The van der Waals surface area contributed by atoms with E-state index in [1.807, 2.05) is 88.5 Å². The number of carboxylic acids is 2. The van der Waals surface area contributed by atoms with Crippen LogP contribution in [0.4, 0.5) is 0 Å². The molecule has 2 N–H and O–H groups in total. The van der Waals surface area contributed by atoms with E-state index in [4.69, 9.17) is 10.2 Å². The lowest BCUT2D eigenvalue weighted by atomic mass is 10.1. The van der Waals surface area contributed by atoms with Gasteiger partial charge in [-0.3, -0.25) is 0 Å². The van der Waals surface area contributed by atoms with Gasteiger partial charge in [-0.2, -0.15) is 0 Å². The van der Waals surface area contributed by atoms with Gasteiger partial charge in [-0.05, 0) is 53.7 Å². The Morgan fingerprint density at radius 3 is 1.10 bits per heavy atom. The zero-order valence-electron chi connectivity index (χ0n) is 18.6. The molecule has 0 unspecified atom stereocenters. The molecule has 0 aromatic carbocycles. The van der Waals surface area contributed by atoms with E-state index >= 15 is 0 Å². The Balaban J connectivity index is 4.83. The quantitative estimate of drug-likeness (QED) is 0.319. The van der Waals surface area contributed by atoms with Crippen molar-refractivity contribution in [3.05, 3.63) is 106 Å². The first-order valence-corrected chi connectivity index (χ1v) is 9.58. The third-order valence-corrected chi connectivity index (χ3v) is 3.83. The summed E-state index contributed by atoms with van der Waals surface area (Å²) in [5, 5.41) is 17.7. The van der Waals surface area contributed by atoms with Crippen molar-refractivity contribution in [3.8, 4) is 0 Å². The fourth-order valence-electron chi connectivity index (χ4n) is 2.13. The molecule has 0 aliphatic carbocycles. The molecule has 4 heteroatoms. The molecule has 0 rings (SSSR count). The largest absolute Gasteiger partial charge is 0.478 e. The van der Waals surface area contributed by atoms with E-state index < -0.39 is 11.9 Å². The number of carbonyl (C=O) groups is 2. The third-order valence-electron chi connectivity index (χ3n) is 3.83. The number of aliphatic carboxylic acids is 2. The topological polar surface area (TPSA) is 74.6 Å². The summed E-state index contributed by atoms with van der Waals surface area (Å²) in [5.74, 6) is -1.83. The molecule has 0 saturated heterocycles. The Morgan fingerprint density at radius 2 is 0.800 bits per heavy atom. The Bertz CT molecular complexity index is 821. The highest BCUT2D eigenvalue weighted by Crippen LogP contribution is 2.05. The van der Waals surface area contributed by atoms with Gasteiger partial charge in [0.2, 0.25) is 0 Å². The number of allylic oxidation sites excluding steroid dienone is 16. The van der Waals surface area contributed by atoms with Gasteiger partial charge in [-0.25, -0.2) is 9.59 Å². The summed E-state index contributed by atoms with van der Waals surface area (Å²) in [6, 6.07) is 0. The second kappa shape index (κ2) is 14.6. The minimum Gasteiger partial charge on any atom is -0.478 e. The number of hydrogen-bond acceptors (Lipinski definition) is 2. The monoisotopic (exact) mass is 408 g/mol. The van der Waals surface area contributed by atoms with Crippen molar-refractivity contribution in [3.63, 3.8) is 0 Å². The van der Waals surface area contributed by atoms with Crippen molar-refractivity contribution >= 4 is 11.9 Å². The molecule has 0 atom stereocenters. The lowest BCUT2D eigenvalue weighted by Gasteiger charge is -1.94. The van der Waals surface area contributed by atoms with Gasteiger partial charge in [-0.15, -0.1) is 0 Å². The van der Waals surface area contributed by atoms with Crippen molar-refractivity contribution in [1.82, 2.24) is 0 Å². The fourth-order valence-corrected chi connectivity index (χ4v) is 2.13. The molecule has 0 aromatic heterocycles. The van der Waals surface area contributed by atoms with Crippen LogP contribution in [-0.2, 0) is 9.59 Å². The van der Waals surface area contributed by atoms with Gasteiger partial charge in [0, 0.05) is 11.1 Å². The lowest BCUT2D eigenvalue weighted by Crippen LogP contribution is -1.95. The molecule has 0 heterocycles. The highest BCUT2D eigenvalue weighted by Gasteiger charge is 1.98. The van der Waals surface area contributed by atoms with E-state index in [1.165, 1.54) is 0 Å². The van der Waals surface area contributed by atoms with Crippen LogP contribution in [0.15, 0.2) is 106 Å². The summed E-state index contributed by atoms with van der Waals surface area (Å²) in [6.45, 7) is 10.8. The summed E-state index contributed by atoms with van der Waals surface area (Å²) < 4.78 is 0. The molecule has 0 saturated carbocycles. The Labute approximate surface area is 180 Å². The third kappa shape index (κ3) is 13.7. The smallest absolute Gasteiger partial charge is 0.331 e. The average molecular weight is 409 g/mol. The number of rotatable bonds is 10. The summed E-state index contributed by atoms with van der Waals surface area (Å²) in [7, 11) is 0. The molecular formula is C26H32O4. The van der Waals surface area contributed by atoms with E-state index in [-0.39, 0.29) is 0 Å². The molecule has 0 radical (unpaired) electrons. The van der Waals surface area contributed by atoms with Crippen LogP contribution in [-0.4, -0.2) is 22.2 Å². The number of hydrogen-bond donors (Lipinski definition) is 2. The van der Waals surface area contributed by atoms with E-state index in [9.17, 15) is 9.59 Å². The first-order chi connectivity index (χ1) is 14.0. The molecule has 0 spiro atoms. The van der Waals surface area contributed by atoms with Gasteiger partial charge in [0.25, 0.3) is 0 Å². The van der Waals surface area contributed by atoms with Crippen LogP contribution in [0.2, 0.25) is 0 Å². The van der Waals surface area contributed by atoms with Gasteiger partial charge in [0.05, 0.1) is 0 Å². The first-order valence-electron chi connectivity index (χ1n) is 9.58. The van der Waals surface area contributed by atoms with Crippen molar-refractivity contribution in [1.29, 1.82) is 0 Å². The fraction of sp³-hybridized carbons (Fsp3) is 0.231. The normalized spacial score (nSPS) is 15.7. The minimum absolute atomic E-state index is 0.307. The van der Waals surface area contributed by atoms with Crippen LogP contribution in [0.25, 0.3) is 0 Å². The second-order valence-corrected chi connectivity index (χ2v) is 7.01. The standard InChI is InChI=1S/C26H32O4/c1-19(13-9-15-21(3)17-23(5)25(27)28)11-7-8-12-20(2)14-10-16-22(4)18-24(6)26(29)30/h7-18H,1-6H3,(H,27,28)(H,29,30)/b8-7+,13-9+,14-10+,19-11+,20-12+,21-15+,22-16+,23-17+,24-18+. The highest BCUT2D eigenvalue weighted by molar-refractivity contribution is 5.86. The van der Waals surface area contributed by atoms with Crippen LogP contribution >= 0.6 is 0 Å². The van der Waals surface area contributed by atoms with E-state index in [0.717, 1.165) is 22.3 Å². The maximum absolute atomic E-state index is 10.8. The average Bonchev–Trinajstić information content (AvgIpc) is 2.64. The van der Waals surface area contributed by atoms with Crippen LogP contribution in [0.3, 0.4) is 0 Å². The molecule has 30 heavy (non-hydrogen) atoms. The van der Waals surface area contributed by atoms with E-state index in [0.29, 0.717) is 11.1 Å². The van der Waals surface area contributed by atoms with Gasteiger partial charge in [0.1, 0.15) is 0 Å². The van der Waals surface area contributed by atoms with Gasteiger partial charge in [0.15, 0.2) is 0 Å². The maximum Gasteiger partial charge on any atom is 0.331 e. The molecule has 0 aliphatic rings. The predicted molar refractivity (Wildman–Crippen MR) is 125 cm³/mol. The maximum atomic E-state index is 10.8. The van der Waals surface area contributed by atoms with Crippen molar-refractivity contribution in [2.24, 2.45) is 0 Å². The van der Waals surface area contributed by atoms with Gasteiger partial charge in [-0.1, -0.05) is 83.1 Å². The highest BCUT2D eigenvalue weighted by atomic mass is 16.4. The van der Waals surface area contributed by atoms with Gasteiger partial charge >= 0.3 is 11.9 Å². The predicted octanol–water partition coefficient (Wildman–Crippen LogP) is 6.50. The minimum atomic E-state index is -0.914. The first kappa shape index (κ1) is 26.6. The summed E-state index contributed by atoms with van der Waals surface area (Å²) >= 11 is 0. The van der Waals surface area contributed by atoms with Crippen molar-refractivity contribution in [2.75, 3.05) is 0 Å². The van der Waals surface area contributed by atoms with Crippen LogP contribution < -0.4 is 0 Å². The molecule has 0 fully saturated rings. The van der Waals surface area contributed by atoms with E-state index in [1.54, 1.807) is 26.0 Å². The second-order valence-electron chi connectivity index (χ2n) is 7.01. The molecule has 160 valence electrons. The zero-order chi connectivity index (χ0) is 23.1. The van der Waals surface area contributed by atoms with E-state index in [2.05, 4.69) is 0 Å². The van der Waals surface area contributed by atoms with Crippen LogP contribution in [0.1, 0.15) is 41.5 Å². The summed E-state index contributed by atoms with van der Waals surface area (Å²) in [5.41, 5.74) is 4.49. The van der Waals surface area contributed by atoms with Crippen molar-refractivity contribution in [2.45, 2.75) is 41.5 Å². The van der Waals surface area contributed by atoms with Crippen LogP contribution in [0, 0.1) is 0 Å². The Morgan fingerprint density at radius 1 is 0.500 bits per heavy atom. The SMILES string of the molecule is CC(/C=C/C=C(C)/C=C(\C)C(=O)O)=C\C=C\C=C(C)\C=C\C=C(C)\C=C(/C)C(=O)O. The Kier molecular flexibility index (Phi) is 12.9. The van der Waals surface area contributed by atoms with Crippen LogP contribution in [0.5, 0.6) is 0 Å². The summed E-state index contributed by atoms with van der Waals surface area (Å²) in [6.07, 6.45) is 22.5. The molecule has 0 aromatic rings. The number of carboxylic acid groups (broad SMARTS) is 2. The lowest BCUT2D eigenvalue weighted by molar-refractivity contribution is -0.133. The molecule has 0 aliphatic heterocycles. The molecule has 0 bridgehead atoms. The molecule has 4 nitrogen and oxygen atoms in total. The van der Waals surface area contributed by atoms with Gasteiger partial charge < -0.3 is 10.2 Å². The zero-order valence-corrected chi connectivity index (χ0v) is 18.6. The molecule has 0 amide bonds. The Hall–Kier alpha value is -3.40.